The number of aliphatic hydroxyl groups is 2. The van der Waals surface area contributed by atoms with Crippen LogP contribution in [0, 0.1) is 0 Å². The number of aliphatic hydroxyl groups excluding tert-OH is 2. The number of benzene rings is 1. The quantitative estimate of drug-likeness (QED) is 0.478. The molecule has 1 aromatic rings. The lowest BCUT2D eigenvalue weighted by atomic mass is 10.1. The van der Waals surface area contributed by atoms with E-state index in [9.17, 15) is 9.59 Å². The summed E-state index contributed by atoms with van der Waals surface area (Å²) in [5.74, 6) is -2.49. The molecule has 1 aromatic carbocycles. The van der Waals surface area contributed by atoms with Gasteiger partial charge >= 0.3 is 11.9 Å². The predicted molar refractivity (Wildman–Crippen MR) is 61.9 cm³/mol. The molecule has 7 nitrogen and oxygen atoms in total. The number of nitrogens with one attached hydrogen (secondary N) is 1. The first kappa shape index (κ1) is 13.9. The van der Waals surface area contributed by atoms with Gasteiger partial charge in [0.05, 0.1) is 23.8 Å². The lowest BCUT2D eigenvalue weighted by Crippen LogP contribution is -2.23. The van der Waals surface area contributed by atoms with Crippen molar-refractivity contribution in [3.63, 3.8) is 0 Å². The van der Waals surface area contributed by atoms with Gasteiger partial charge in [-0.3, -0.25) is 0 Å². The molecule has 5 N–H and O–H groups in total. The largest absolute Gasteiger partial charge is 0.478 e. The number of hydrogen-bond acceptors (Lipinski definition) is 5. The second-order valence-electron chi connectivity index (χ2n) is 3.63. The van der Waals surface area contributed by atoms with E-state index in [1.807, 2.05) is 0 Å². The Labute approximate surface area is 102 Å². The zero-order valence-electron chi connectivity index (χ0n) is 9.33. The van der Waals surface area contributed by atoms with Gasteiger partial charge in [0.25, 0.3) is 0 Å². The molecule has 0 amide bonds. The van der Waals surface area contributed by atoms with E-state index in [4.69, 9.17) is 20.4 Å². The molecule has 0 aliphatic carbocycles. The highest BCUT2D eigenvalue weighted by molar-refractivity contribution is 5.95. The van der Waals surface area contributed by atoms with Crippen molar-refractivity contribution in [2.45, 2.75) is 6.10 Å². The van der Waals surface area contributed by atoms with Crippen LogP contribution < -0.4 is 5.32 Å². The molecule has 1 atom stereocenters. The Kier molecular flexibility index (Phi) is 4.64. The Morgan fingerprint density at radius 3 is 2.00 bits per heavy atom. The predicted octanol–water partition coefficient (Wildman–Crippen LogP) is -0.152. The summed E-state index contributed by atoms with van der Waals surface area (Å²) in [6, 6.07) is 3.54. The first-order valence-electron chi connectivity index (χ1n) is 5.08. The molecule has 0 aliphatic heterocycles. The molecule has 0 heterocycles. The van der Waals surface area contributed by atoms with Gasteiger partial charge in [0.1, 0.15) is 0 Å². The van der Waals surface area contributed by atoms with Gasteiger partial charge in [-0.15, -0.1) is 0 Å². The monoisotopic (exact) mass is 255 g/mol. The van der Waals surface area contributed by atoms with Crippen LogP contribution in [-0.2, 0) is 0 Å². The molecule has 0 fully saturated rings. The van der Waals surface area contributed by atoms with Gasteiger partial charge in [-0.25, -0.2) is 9.59 Å². The molecule has 18 heavy (non-hydrogen) atoms. The van der Waals surface area contributed by atoms with Gasteiger partial charge in [-0.1, -0.05) is 0 Å². The number of carboxylic acid groups (broad SMARTS) is 2. The number of anilines is 1. The molecule has 0 saturated heterocycles. The highest BCUT2D eigenvalue weighted by Crippen LogP contribution is 2.15. The van der Waals surface area contributed by atoms with Crippen molar-refractivity contribution in [3.8, 4) is 0 Å². The van der Waals surface area contributed by atoms with Gasteiger partial charge in [0, 0.05) is 12.2 Å². The van der Waals surface area contributed by atoms with Crippen molar-refractivity contribution in [2.75, 3.05) is 18.5 Å². The number of carbonyl (C=O) groups is 2. The molecule has 1 rings (SSSR count). The van der Waals surface area contributed by atoms with E-state index < -0.39 is 24.6 Å². The third-order valence-electron chi connectivity index (χ3n) is 2.18. The van der Waals surface area contributed by atoms with E-state index in [1.54, 1.807) is 0 Å². The first-order valence-corrected chi connectivity index (χ1v) is 5.08. The maximum Gasteiger partial charge on any atom is 0.335 e. The van der Waals surface area contributed by atoms with Gasteiger partial charge < -0.3 is 25.7 Å². The standard InChI is InChI=1S/C11H13NO6/c13-5-9(14)4-12-8-2-6(10(15)16)1-7(3-8)11(17)18/h1-3,9,12-14H,4-5H2,(H,15,16)(H,17,18). The third kappa shape index (κ3) is 3.72. The fourth-order valence-corrected chi connectivity index (χ4v) is 1.28. The smallest absolute Gasteiger partial charge is 0.335 e. The summed E-state index contributed by atoms with van der Waals surface area (Å²) in [6.45, 7) is -0.462. The topological polar surface area (TPSA) is 127 Å². The zero-order chi connectivity index (χ0) is 13.7. The van der Waals surface area contributed by atoms with Crippen molar-refractivity contribution in [3.05, 3.63) is 29.3 Å². The third-order valence-corrected chi connectivity index (χ3v) is 2.18. The Hall–Kier alpha value is -2.12. The minimum Gasteiger partial charge on any atom is -0.478 e. The summed E-state index contributed by atoms with van der Waals surface area (Å²) < 4.78 is 0. The fraction of sp³-hybridized carbons (Fsp3) is 0.273. The molecule has 7 heteroatoms. The van der Waals surface area contributed by atoms with Crippen molar-refractivity contribution in [2.24, 2.45) is 0 Å². The van der Waals surface area contributed by atoms with Crippen LogP contribution in [0.15, 0.2) is 18.2 Å². The minimum atomic E-state index is -1.25. The zero-order valence-corrected chi connectivity index (χ0v) is 9.33. The SMILES string of the molecule is O=C(O)c1cc(NCC(O)CO)cc(C(=O)O)c1. The Morgan fingerprint density at radius 1 is 1.11 bits per heavy atom. The Morgan fingerprint density at radius 2 is 1.61 bits per heavy atom. The molecule has 1 unspecified atom stereocenters. The summed E-state index contributed by atoms with van der Waals surface area (Å²) in [5, 5.41) is 38.1. The first-order chi connectivity index (χ1) is 8.43. The normalized spacial score (nSPS) is 11.9. The van der Waals surface area contributed by atoms with Crippen LogP contribution in [0.25, 0.3) is 0 Å². The highest BCUT2D eigenvalue weighted by Gasteiger charge is 2.11. The van der Waals surface area contributed by atoms with Crippen LogP contribution in [-0.4, -0.2) is 51.6 Å². The summed E-state index contributed by atoms with van der Waals surface area (Å²) >= 11 is 0. The number of hydrogen-bond donors (Lipinski definition) is 5. The minimum absolute atomic E-state index is 0.0152. The van der Waals surface area contributed by atoms with Crippen LogP contribution in [0.3, 0.4) is 0 Å². The number of rotatable bonds is 6. The molecular formula is C11H13NO6. The van der Waals surface area contributed by atoms with E-state index in [-0.39, 0.29) is 23.4 Å². The van der Waals surface area contributed by atoms with Crippen LogP contribution >= 0.6 is 0 Å². The molecular weight excluding hydrogens is 242 g/mol. The van der Waals surface area contributed by atoms with Crippen molar-refractivity contribution >= 4 is 17.6 Å². The molecule has 0 radical (unpaired) electrons. The summed E-state index contributed by atoms with van der Waals surface area (Å²) in [6.07, 6.45) is -1.01. The van der Waals surface area contributed by atoms with Crippen molar-refractivity contribution in [1.29, 1.82) is 0 Å². The summed E-state index contributed by atoms with van der Waals surface area (Å²) in [5.41, 5.74) is -0.0911. The van der Waals surface area contributed by atoms with Crippen LogP contribution in [0.1, 0.15) is 20.7 Å². The van der Waals surface area contributed by atoms with Crippen molar-refractivity contribution < 1.29 is 30.0 Å². The summed E-state index contributed by atoms with van der Waals surface area (Å²) in [7, 11) is 0. The number of carboxylic acids is 2. The molecule has 0 saturated carbocycles. The van der Waals surface area contributed by atoms with Crippen LogP contribution in [0.4, 0.5) is 5.69 Å². The van der Waals surface area contributed by atoms with Crippen molar-refractivity contribution in [1.82, 2.24) is 0 Å². The van der Waals surface area contributed by atoms with Crippen LogP contribution in [0.5, 0.6) is 0 Å². The average Bonchev–Trinajstić information content (AvgIpc) is 2.35. The lowest BCUT2D eigenvalue weighted by Gasteiger charge is -2.11. The van der Waals surface area contributed by atoms with E-state index >= 15 is 0 Å². The number of aromatic carboxylic acids is 2. The van der Waals surface area contributed by atoms with Gasteiger partial charge in [0.2, 0.25) is 0 Å². The van der Waals surface area contributed by atoms with Gasteiger partial charge in [0.15, 0.2) is 0 Å². The Bertz CT molecular complexity index is 427. The highest BCUT2D eigenvalue weighted by atomic mass is 16.4. The summed E-state index contributed by atoms with van der Waals surface area (Å²) in [4.78, 5) is 21.6. The van der Waals surface area contributed by atoms with Gasteiger partial charge in [-0.05, 0) is 18.2 Å². The molecule has 0 bridgehead atoms. The molecule has 0 aliphatic rings. The van der Waals surface area contributed by atoms with E-state index in [0.717, 1.165) is 6.07 Å². The second-order valence-corrected chi connectivity index (χ2v) is 3.63. The Balaban J connectivity index is 2.96. The maximum atomic E-state index is 10.8. The average molecular weight is 255 g/mol. The van der Waals surface area contributed by atoms with Crippen LogP contribution in [0.2, 0.25) is 0 Å². The second kappa shape index (κ2) is 5.99. The lowest BCUT2D eigenvalue weighted by molar-refractivity contribution is 0.0696. The fourth-order valence-electron chi connectivity index (χ4n) is 1.28. The van der Waals surface area contributed by atoms with E-state index in [2.05, 4.69) is 5.32 Å². The molecule has 0 aromatic heterocycles. The van der Waals surface area contributed by atoms with Gasteiger partial charge in [-0.2, -0.15) is 0 Å². The van der Waals surface area contributed by atoms with E-state index in [0.29, 0.717) is 0 Å². The van der Waals surface area contributed by atoms with E-state index in [1.165, 1.54) is 12.1 Å². The maximum absolute atomic E-state index is 10.8. The molecule has 0 spiro atoms. The molecule has 98 valence electrons.